The van der Waals surface area contributed by atoms with Gasteiger partial charge >= 0.3 is 0 Å². The molecule has 2 rings (SSSR count). The van der Waals surface area contributed by atoms with E-state index in [2.05, 4.69) is 45.6 Å². The zero-order valence-corrected chi connectivity index (χ0v) is 18.7. The van der Waals surface area contributed by atoms with Gasteiger partial charge in [-0.25, -0.2) is 5.43 Å². The number of para-hydroxylation sites is 1. The van der Waals surface area contributed by atoms with Crippen molar-refractivity contribution in [1.82, 2.24) is 5.43 Å². The monoisotopic (exact) mass is 459 g/mol. The molecule has 154 valence electrons. The van der Waals surface area contributed by atoms with Gasteiger partial charge in [0.15, 0.2) is 6.61 Å². The van der Waals surface area contributed by atoms with Gasteiger partial charge in [-0.1, -0.05) is 38.1 Å². The Labute approximate surface area is 179 Å². The van der Waals surface area contributed by atoms with Crippen LogP contribution >= 0.6 is 15.9 Å². The lowest BCUT2D eigenvalue weighted by Crippen LogP contribution is -2.26. The van der Waals surface area contributed by atoms with E-state index in [1.807, 2.05) is 43.3 Å². The van der Waals surface area contributed by atoms with E-state index < -0.39 is 5.91 Å². The molecule has 2 N–H and O–H groups in total. The molecule has 7 heteroatoms. The summed E-state index contributed by atoms with van der Waals surface area (Å²) in [6.45, 7) is 7.63. The predicted molar refractivity (Wildman–Crippen MR) is 119 cm³/mol. The summed E-state index contributed by atoms with van der Waals surface area (Å²) >= 11 is 3.40. The average Bonchev–Trinajstić information content (AvgIpc) is 2.65. The van der Waals surface area contributed by atoms with Crippen molar-refractivity contribution in [3.63, 3.8) is 0 Å². The van der Waals surface area contributed by atoms with Gasteiger partial charge < -0.3 is 10.1 Å². The van der Waals surface area contributed by atoms with Crippen molar-refractivity contribution in [2.75, 3.05) is 11.9 Å². The summed E-state index contributed by atoms with van der Waals surface area (Å²) in [5.74, 6) is 0.291. The van der Waals surface area contributed by atoms with Crippen LogP contribution in [0.15, 0.2) is 52.0 Å². The first-order valence-corrected chi connectivity index (χ1v) is 10.1. The van der Waals surface area contributed by atoms with Crippen LogP contribution in [-0.2, 0) is 9.59 Å². The number of hydrazone groups is 1. The zero-order chi connectivity index (χ0) is 21.4. The fourth-order valence-corrected chi connectivity index (χ4v) is 3.24. The lowest BCUT2D eigenvalue weighted by molar-refractivity contribution is -0.123. The standard InChI is InChI=1S/C22H26BrN3O3/c1-14(2)17-7-5-6-8-19(17)24-21(27)12-16(4)25-26-22(28)13-29-20-10-9-15(3)11-18(20)23/h5-11,14H,12-13H2,1-4H3,(H,24,27)(H,26,28). The minimum Gasteiger partial charge on any atom is -0.483 e. The van der Waals surface area contributed by atoms with Crippen LogP contribution in [0.5, 0.6) is 5.75 Å². The molecule has 0 unspecified atom stereocenters. The second-order valence-corrected chi connectivity index (χ2v) is 7.93. The summed E-state index contributed by atoms with van der Waals surface area (Å²) in [6.07, 6.45) is 0.0804. The number of nitrogens with one attached hydrogen (secondary N) is 2. The second-order valence-electron chi connectivity index (χ2n) is 7.07. The Morgan fingerprint density at radius 2 is 1.86 bits per heavy atom. The first-order chi connectivity index (χ1) is 13.8. The number of anilines is 1. The molecule has 0 saturated carbocycles. The van der Waals surface area contributed by atoms with Gasteiger partial charge in [0.1, 0.15) is 5.75 Å². The maximum Gasteiger partial charge on any atom is 0.277 e. The van der Waals surface area contributed by atoms with Crippen LogP contribution in [0.4, 0.5) is 5.69 Å². The summed E-state index contributed by atoms with van der Waals surface area (Å²) in [5, 5.41) is 6.88. The maximum absolute atomic E-state index is 12.3. The van der Waals surface area contributed by atoms with Gasteiger partial charge in [0, 0.05) is 11.4 Å². The Morgan fingerprint density at radius 1 is 1.14 bits per heavy atom. The van der Waals surface area contributed by atoms with Gasteiger partial charge in [-0.05, 0) is 65.0 Å². The molecular weight excluding hydrogens is 434 g/mol. The molecule has 0 fully saturated rings. The molecule has 0 bridgehead atoms. The van der Waals surface area contributed by atoms with Crippen molar-refractivity contribution in [2.24, 2.45) is 5.10 Å². The summed E-state index contributed by atoms with van der Waals surface area (Å²) < 4.78 is 6.25. The molecule has 0 atom stereocenters. The molecular formula is C22H26BrN3O3. The highest BCUT2D eigenvalue weighted by Gasteiger charge is 2.11. The molecule has 0 aliphatic heterocycles. The van der Waals surface area contributed by atoms with Crippen molar-refractivity contribution in [3.05, 3.63) is 58.1 Å². The molecule has 6 nitrogen and oxygen atoms in total. The fraction of sp³-hybridized carbons (Fsp3) is 0.318. The van der Waals surface area contributed by atoms with E-state index in [9.17, 15) is 9.59 Å². The molecule has 2 aromatic rings. The second kappa shape index (κ2) is 10.8. The number of ether oxygens (including phenoxy) is 1. The Bertz CT molecular complexity index is 910. The first kappa shape index (κ1) is 22.6. The number of carbonyl (C=O) groups excluding carboxylic acids is 2. The van der Waals surface area contributed by atoms with Crippen molar-refractivity contribution in [2.45, 2.75) is 40.0 Å². The van der Waals surface area contributed by atoms with Gasteiger partial charge in [0.25, 0.3) is 5.91 Å². The van der Waals surface area contributed by atoms with E-state index in [-0.39, 0.29) is 18.9 Å². The molecule has 0 aliphatic carbocycles. The zero-order valence-electron chi connectivity index (χ0n) is 17.1. The van der Waals surface area contributed by atoms with E-state index in [4.69, 9.17) is 4.74 Å². The van der Waals surface area contributed by atoms with Gasteiger partial charge in [0.2, 0.25) is 5.91 Å². The lowest BCUT2D eigenvalue weighted by Gasteiger charge is -2.13. The molecule has 2 aromatic carbocycles. The molecule has 0 saturated heterocycles. The lowest BCUT2D eigenvalue weighted by atomic mass is 10.0. The summed E-state index contributed by atoms with van der Waals surface area (Å²) in [6, 6.07) is 13.3. The molecule has 0 spiro atoms. The molecule has 2 amide bonds. The molecule has 0 radical (unpaired) electrons. The molecule has 29 heavy (non-hydrogen) atoms. The highest BCUT2D eigenvalue weighted by atomic mass is 79.9. The Balaban J connectivity index is 1.83. The van der Waals surface area contributed by atoms with Crippen LogP contribution in [0.25, 0.3) is 0 Å². The van der Waals surface area contributed by atoms with E-state index in [1.165, 1.54) is 0 Å². The highest BCUT2D eigenvalue weighted by molar-refractivity contribution is 9.10. The first-order valence-electron chi connectivity index (χ1n) is 9.36. The van der Waals surface area contributed by atoms with Gasteiger partial charge in [0.05, 0.1) is 10.9 Å². The summed E-state index contributed by atoms with van der Waals surface area (Å²) in [7, 11) is 0. The fourth-order valence-electron chi connectivity index (χ4n) is 2.64. The van der Waals surface area contributed by atoms with E-state index >= 15 is 0 Å². The van der Waals surface area contributed by atoms with Crippen molar-refractivity contribution >= 4 is 39.1 Å². The van der Waals surface area contributed by atoms with Crippen LogP contribution in [-0.4, -0.2) is 24.1 Å². The SMILES string of the molecule is CC(CC(=O)Nc1ccccc1C(C)C)=NNC(=O)COc1ccc(C)cc1Br. The summed E-state index contributed by atoms with van der Waals surface area (Å²) in [4.78, 5) is 24.2. The number of nitrogens with zero attached hydrogens (tertiary/aromatic N) is 1. The molecule has 0 aromatic heterocycles. The summed E-state index contributed by atoms with van der Waals surface area (Å²) in [5.41, 5.74) is 5.86. The Hall–Kier alpha value is -2.67. The number of amides is 2. The van der Waals surface area contributed by atoms with Crippen molar-refractivity contribution < 1.29 is 14.3 Å². The topological polar surface area (TPSA) is 79.8 Å². The third-order valence-corrected chi connectivity index (χ3v) is 4.71. The molecule has 0 aliphatic rings. The minimum absolute atomic E-state index is 0.0804. The van der Waals surface area contributed by atoms with E-state index in [0.717, 1.165) is 21.3 Å². The maximum atomic E-state index is 12.3. The number of rotatable bonds is 8. The van der Waals surface area contributed by atoms with Gasteiger partial charge in [-0.15, -0.1) is 0 Å². The van der Waals surface area contributed by atoms with Gasteiger partial charge in [-0.2, -0.15) is 5.10 Å². The Morgan fingerprint density at radius 3 is 2.55 bits per heavy atom. The van der Waals surface area contributed by atoms with E-state index in [0.29, 0.717) is 17.4 Å². The number of halogens is 1. The number of hydrogen-bond donors (Lipinski definition) is 2. The van der Waals surface area contributed by atoms with E-state index in [1.54, 1.807) is 13.0 Å². The van der Waals surface area contributed by atoms with Crippen LogP contribution in [0.3, 0.4) is 0 Å². The number of hydrogen-bond acceptors (Lipinski definition) is 4. The van der Waals surface area contributed by atoms with Crippen molar-refractivity contribution in [3.8, 4) is 5.75 Å². The van der Waals surface area contributed by atoms with Crippen LogP contribution in [0.1, 0.15) is 44.2 Å². The largest absolute Gasteiger partial charge is 0.483 e. The smallest absolute Gasteiger partial charge is 0.277 e. The average molecular weight is 460 g/mol. The van der Waals surface area contributed by atoms with Crippen LogP contribution in [0.2, 0.25) is 0 Å². The van der Waals surface area contributed by atoms with Crippen LogP contribution < -0.4 is 15.5 Å². The third kappa shape index (κ3) is 7.34. The predicted octanol–water partition coefficient (Wildman–Crippen LogP) is 4.78. The van der Waals surface area contributed by atoms with Crippen LogP contribution in [0, 0.1) is 6.92 Å². The van der Waals surface area contributed by atoms with Gasteiger partial charge in [-0.3, -0.25) is 9.59 Å². The quantitative estimate of drug-likeness (QED) is 0.440. The number of benzene rings is 2. The van der Waals surface area contributed by atoms with Crippen molar-refractivity contribution in [1.29, 1.82) is 0 Å². The minimum atomic E-state index is -0.401. The molecule has 0 heterocycles. The number of carbonyl (C=O) groups is 2. The normalized spacial score (nSPS) is 11.3. The third-order valence-electron chi connectivity index (χ3n) is 4.09. The Kier molecular flexibility index (Phi) is 8.39. The number of aryl methyl sites for hydroxylation is 1. The highest BCUT2D eigenvalue weighted by Crippen LogP contribution is 2.25.